The molecule has 3 atom stereocenters. The predicted octanol–water partition coefficient (Wildman–Crippen LogP) is 9.22. The molecule has 2 aromatic carbocycles. The van der Waals surface area contributed by atoms with Crippen molar-refractivity contribution in [1.29, 1.82) is 0 Å². The number of rotatable bonds is 6. The number of ether oxygens (including phenoxy) is 1. The molecule has 1 aliphatic heterocycles. The van der Waals surface area contributed by atoms with E-state index < -0.39 is 88.6 Å². The van der Waals surface area contributed by atoms with Crippen LogP contribution in [-0.2, 0) is 17.1 Å². The zero-order valence-corrected chi connectivity index (χ0v) is 28.0. The second kappa shape index (κ2) is 13.4. The van der Waals surface area contributed by atoms with Gasteiger partial charge in [-0.2, -0.15) is 26.3 Å². The van der Waals surface area contributed by atoms with Gasteiger partial charge in [-0.3, -0.25) is 4.79 Å². The minimum absolute atomic E-state index is 0.0301. The van der Waals surface area contributed by atoms with E-state index in [4.69, 9.17) is 9.84 Å². The Morgan fingerprint density at radius 3 is 1.64 bits per heavy atom. The van der Waals surface area contributed by atoms with Crippen molar-refractivity contribution >= 4 is 33.7 Å². The molecule has 3 heterocycles. The lowest BCUT2D eigenvalue weighted by atomic mass is 9.98. The number of carboxylic acids is 1. The first-order valence-electron chi connectivity index (χ1n) is 16.5. The average Bonchev–Trinajstić information content (AvgIpc) is 3.93. The molecule has 17 heteroatoms. The monoisotopic (exact) mass is 759 g/mol. The second-order valence-electron chi connectivity index (χ2n) is 13.7. The number of carboxylic acid groups (broad SMARTS) is 1. The van der Waals surface area contributed by atoms with Crippen LogP contribution < -0.4 is 5.32 Å². The first-order chi connectivity index (χ1) is 24.6. The molecular formula is C36H31F10N3O4. The summed E-state index contributed by atoms with van der Waals surface area (Å²) in [5.74, 6) is -10.3. The van der Waals surface area contributed by atoms with Gasteiger partial charge in [-0.05, 0) is 91.3 Å². The first-order valence-corrected chi connectivity index (χ1v) is 16.5. The zero-order valence-electron chi connectivity index (χ0n) is 28.0. The SMILES string of the molecule is Cc1cc(C(=O)NC[C@H]2CCCOC2)nc2c(C(F)(F)F)cc(C3CC3(F)F)cc12.Cc1cc(C(=O)O)nc2c(C(F)(F)F)cc(C3CC3(F)F)cc12. The normalized spacial score (nSPS) is 21.8. The zero-order chi connectivity index (χ0) is 38.8. The number of carbonyl (C=O) groups excluding carboxylic acids is 1. The molecule has 2 aliphatic carbocycles. The molecule has 3 fully saturated rings. The van der Waals surface area contributed by atoms with Crippen LogP contribution in [0.4, 0.5) is 43.9 Å². The van der Waals surface area contributed by atoms with Gasteiger partial charge in [0.15, 0.2) is 0 Å². The van der Waals surface area contributed by atoms with Crippen molar-refractivity contribution in [1.82, 2.24) is 15.3 Å². The van der Waals surface area contributed by atoms with Gasteiger partial charge in [0.05, 0.1) is 40.6 Å². The standard InChI is InChI=1S/C21H21F5N2O2.C15H10F5NO2/c1-11-5-17(19(29)27-9-12-3-2-4-30-10-12)28-18-14(11)6-13(16-8-20(16,22)23)7-15(18)21(24,25)26;1-6-2-11(13(22)23)21-12-8(6)3-7(10-5-14(10,16)17)4-9(12)15(18,19)20/h5-7,12,16H,2-4,8-10H2,1H3,(H,27,29);2-4,10H,5H2,1H3,(H,22,23)/t12-,16?;/m1./s1. The van der Waals surface area contributed by atoms with Crippen molar-refractivity contribution in [3.63, 3.8) is 0 Å². The lowest BCUT2D eigenvalue weighted by Crippen LogP contribution is -2.33. The highest BCUT2D eigenvalue weighted by Gasteiger charge is 2.59. The number of fused-ring (bicyclic) bond motifs is 2. The van der Waals surface area contributed by atoms with Gasteiger partial charge in [-0.25, -0.2) is 32.3 Å². The molecule has 4 aromatic rings. The molecule has 2 saturated carbocycles. The number of benzene rings is 2. The first kappa shape index (κ1) is 38.2. The minimum Gasteiger partial charge on any atom is -0.477 e. The van der Waals surface area contributed by atoms with E-state index in [1.54, 1.807) is 6.92 Å². The number of amides is 1. The highest BCUT2D eigenvalue weighted by Crippen LogP contribution is 2.57. The van der Waals surface area contributed by atoms with Crippen molar-refractivity contribution in [3.05, 3.63) is 81.2 Å². The van der Waals surface area contributed by atoms with Crippen LogP contribution in [0.2, 0.25) is 0 Å². The van der Waals surface area contributed by atoms with Gasteiger partial charge < -0.3 is 15.2 Å². The maximum atomic E-state index is 13.7. The van der Waals surface area contributed by atoms with E-state index in [1.165, 1.54) is 25.1 Å². The Morgan fingerprint density at radius 1 is 0.792 bits per heavy atom. The number of pyridine rings is 2. The Bertz CT molecular complexity index is 2110. The van der Waals surface area contributed by atoms with Crippen molar-refractivity contribution in [2.45, 2.75) is 75.6 Å². The van der Waals surface area contributed by atoms with Crippen LogP contribution in [0.3, 0.4) is 0 Å². The van der Waals surface area contributed by atoms with E-state index in [0.29, 0.717) is 31.4 Å². The van der Waals surface area contributed by atoms with Crippen molar-refractivity contribution in [2.24, 2.45) is 5.92 Å². The fourth-order valence-corrected chi connectivity index (χ4v) is 6.53. The van der Waals surface area contributed by atoms with Gasteiger partial charge in [-0.15, -0.1) is 0 Å². The molecule has 284 valence electrons. The summed E-state index contributed by atoms with van der Waals surface area (Å²) in [6.07, 6.45) is -8.77. The molecule has 2 N–H and O–H groups in total. The molecule has 53 heavy (non-hydrogen) atoms. The summed E-state index contributed by atoms with van der Waals surface area (Å²) >= 11 is 0. The summed E-state index contributed by atoms with van der Waals surface area (Å²) < 4.78 is 140. The van der Waals surface area contributed by atoms with Crippen molar-refractivity contribution in [3.8, 4) is 0 Å². The van der Waals surface area contributed by atoms with Gasteiger partial charge in [0.2, 0.25) is 0 Å². The quantitative estimate of drug-likeness (QED) is 0.190. The maximum absolute atomic E-state index is 13.7. The van der Waals surface area contributed by atoms with Crippen LogP contribution in [0.5, 0.6) is 0 Å². The number of halogens is 10. The molecule has 0 bridgehead atoms. The van der Waals surface area contributed by atoms with Crippen LogP contribution in [0, 0.1) is 19.8 Å². The summed E-state index contributed by atoms with van der Waals surface area (Å²) in [7, 11) is 0. The van der Waals surface area contributed by atoms with Gasteiger partial charge >= 0.3 is 18.3 Å². The smallest absolute Gasteiger partial charge is 0.418 e. The number of aromatic nitrogens is 2. The van der Waals surface area contributed by atoms with Gasteiger partial charge in [0, 0.05) is 36.8 Å². The number of nitrogens with zero attached hydrogens (tertiary/aromatic N) is 2. The molecule has 0 radical (unpaired) electrons. The molecule has 1 amide bonds. The van der Waals surface area contributed by atoms with Gasteiger partial charge in [0.1, 0.15) is 11.4 Å². The third-order valence-corrected chi connectivity index (χ3v) is 9.61. The summed E-state index contributed by atoms with van der Waals surface area (Å²) in [6, 6.07) is 6.47. The Kier molecular flexibility index (Phi) is 9.65. The number of hydrogen-bond donors (Lipinski definition) is 2. The lowest BCUT2D eigenvalue weighted by Gasteiger charge is -2.22. The van der Waals surface area contributed by atoms with Crippen LogP contribution in [0.1, 0.15) is 91.9 Å². The molecule has 7 rings (SSSR count). The fourth-order valence-electron chi connectivity index (χ4n) is 6.53. The summed E-state index contributed by atoms with van der Waals surface area (Å²) in [5, 5.41) is 11.8. The Labute approximate surface area is 294 Å². The molecule has 3 aliphatic rings. The third-order valence-electron chi connectivity index (χ3n) is 9.61. The number of carbonyl (C=O) groups is 2. The van der Waals surface area contributed by atoms with E-state index in [-0.39, 0.29) is 39.1 Å². The van der Waals surface area contributed by atoms with Gasteiger partial charge in [-0.1, -0.05) is 0 Å². The van der Waals surface area contributed by atoms with Gasteiger partial charge in [0.25, 0.3) is 17.8 Å². The number of aromatic carboxylic acids is 1. The Balaban J connectivity index is 0.000000188. The predicted molar refractivity (Wildman–Crippen MR) is 170 cm³/mol. The van der Waals surface area contributed by atoms with Crippen molar-refractivity contribution < 1.29 is 63.3 Å². The number of hydrogen-bond acceptors (Lipinski definition) is 5. The number of alkyl halides is 10. The van der Waals surface area contributed by atoms with Crippen LogP contribution in [0.25, 0.3) is 21.8 Å². The maximum Gasteiger partial charge on any atom is 0.418 e. The van der Waals surface area contributed by atoms with E-state index >= 15 is 0 Å². The minimum atomic E-state index is -4.82. The van der Waals surface area contributed by atoms with E-state index in [1.807, 2.05) is 0 Å². The number of nitrogens with one attached hydrogen (secondary N) is 1. The Hall–Kier alpha value is -4.54. The van der Waals surface area contributed by atoms with Crippen molar-refractivity contribution in [2.75, 3.05) is 19.8 Å². The second-order valence-corrected chi connectivity index (χ2v) is 13.7. The summed E-state index contributed by atoms with van der Waals surface area (Å²) in [4.78, 5) is 31.0. The topological polar surface area (TPSA) is 101 Å². The molecular weight excluding hydrogens is 728 g/mol. The number of aryl methyl sites for hydroxylation is 2. The Morgan fingerprint density at radius 2 is 1.25 bits per heavy atom. The fraction of sp³-hybridized carbons (Fsp3) is 0.444. The summed E-state index contributed by atoms with van der Waals surface area (Å²) in [6.45, 7) is 4.53. The summed E-state index contributed by atoms with van der Waals surface area (Å²) in [5.41, 5.74) is -3.44. The largest absolute Gasteiger partial charge is 0.477 e. The van der Waals surface area contributed by atoms with E-state index in [0.717, 1.165) is 25.0 Å². The molecule has 1 saturated heterocycles. The molecule has 2 aromatic heterocycles. The van der Waals surface area contributed by atoms with Crippen LogP contribution >= 0.6 is 0 Å². The van der Waals surface area contributed by atoms with E-state index in [2.05, 4.69) is 15.3 Å². The van der Waals surface area contributed by atoms with Crippen LogP contribution in [-0.4, -0.2) is 58.6 Å². The highest BCUT2D eigenvalue weighted by atomic mass is 19.4. The molecule has 7 nitrogen and oxygen atoms in total. The van der Waals surface area contributed by atoms with E-state index in [9.17, 15) is 53.5 Å². The lowest BCUT2D eigenvalue weighted by molar-refractivity contribution is -0.137. The average molecular weight is 760 g/mol. The van der Waals surface area contributed by atoms with Crippen LogP contribution in [0.15, 0.2) is 36.4 Å². The third kappa shape index (κ3) is 8.04. The molecule has 0 spiro atoms. The highest BCUT2D eigenvalue weighted by molar-refractivity contribution is 5.97. The molecule has 2 unspecified atom stereocenters.